The van der Waals surface area contributed by atoms with Gasteiger partial charge in [-0.05, 0) is 39.3 Å². The molecule has 2 heteroatoms. The topological polar surface area (TPSA) is 23.5 Å². The fourth-order valence-corrected chi connectivity index (χ4v) is 1.96. The molecule has 0 fully saturated rings. The van der Waals surface area contributed by atoms with E-state index in [0.29, 0.717) is 12.6 Å². The number of aliphatic hydroxyl groups is 1. The summed E-state index contributed by atoms with van der Waals surface area (Å²) in [6.45, 7) is 10.4. The minimum Gasteiger partial charge on any atom is -0.387 e. The van der Waals surface area contributed by atoms with Gasteiger partial charge in [0.15, 0.2) is 0 Å². The zero-order chi connectivity index (χ0) is 12.8. The predicted octanol–water partition coefficient (Wildman–Crippen LogP) is 3.15. The summed E-state index contributed by atoms with van der Waals surface area (Å²) in [7, 11) is 0. The summed E-state index contributed by atoms with van der Waals surface area (Å²) < 4.78 is 0. The predicted molar refractivity (Wildman–Crippen MR) is 73.1 cm³/mol. The normalized spacial score (nSPS) is 13.4. The third-order valence-electron chi connectivity index (χ3n) is 3.11. The molecular weight excluding hydrogens is 210 g/mol. The van der Waals surface area contributed by atoms with Crippen molar-refractivity contribution in [2.24, 2.45) is 0 Å². The van der Waals surface area contributed by atoms with Crippen molar-refractivity contribution in [3.05, 3.63) is 35.4 Å². The Hall–Kier alpha value is -0.860. The highest BCUT2D eigenvalue weighted by molar-refractivity contribution is 5.23. The molecule has 0 aromatic heterocycles. The van der Waals surface area contributed by atoms with Gasteiger partial charge in [-0.25, -0.2) is 0 Å². The standard InChI is InChI=1S/C15H25NO/c1-5-10-16(12(2)3)11-15(17)14-8-6-13(4)7-9-14/h6-9,12,15,17H,5,10-11H2,1-4H3. The van der Waals surface area contributed by atoms with Crippen molar-refractivity contribution in [2.75, 3.05) is 13.1 Å². The Morgan fingerprint density at radius 1 is 1.18 bits per heavy atom. The summed E-state index contributed by atoms with van der Waals surface area (Å²) in [5, 5.41) is 10.2. The van der Waals surface area contributed by atoms with E-state index in [1.165, 1.54) is 5.56 Å². The first-order chi connectivity index (χ1) is 8.04. The second kappa shape index (κ2) is 6.77. The number of benzene rings is 1. The molecule has 1 aromatic rings. The van der Waals surface area contributed by atoms with Crippen molar-refractivity contribution in [3.8, 4) is 0 Å². The van der Waals surface area contributed by atoms with Crippen LogP contribution in [0.4, 0.5) is 0 Å². The van der Waals surface area contributed by atoms with Gasteiger partial charge in [-0.2, -0.15) is 0 Å². The molecule has 17 heavy (non-hydrogen) atoms. The van der Waals surface area contributed by atoms with E-state index in [9.17, 15) is 5.11 Å². The maximum absolute atomic E-state index is 10.2. The lowest BCUT2D eigenvalue weighted by Crippen LogP contribution is -2.35. The molecule has 1 N–H and O–H groups in total. The van der Waals surface area contributed by atoms with Gasteiger partial charge >= 0.3 is 0 Å². The number of aliphatic hydroxyl groups excluding tert-OH is 1. The Kier molecular flexibility index (Phi) is 5.66. The Morgan fingerprint density at radius 3 is 2.24 bits per heavy atom. The number of aryl methyl sites for hydroxylation is 1. The molecule has 0 aliphatic carbocycles. The highest BCUT2D eigenvalue weighted by Gasteiger charge is 2.15. The van der Waals surface area contributed by atoms with Crippen LogP contribution in [0.2, 0.25) is 0 Å². The van der Waals surface area contributed by atoms with Gasteiger partial charge in [-0.15, -0.1) is 0 Å². The van der Waals surface area contributed by atoms with Gasteiger partial charge in [0.05, 0.1) is 6.10 Å². The van der Waals surface area contributed by atoms with E-state index < -0.39 is 0 Å². The van der Waals surface area contributed by atoms with Gasteiger partial charge in [0, 0.05) is 12.6 Å². The van der Waals surface area contributed by atoms with Crippen molar-refractivity contribution < 1.29 is 5.11 Å². The van der Waals surface area contributed by atoms with Gasteiger partial charge < -0.3 is 5.11 Å². The van der Waals surface area contributed by atoms with Crippen LogP contribution in [-0.4, -0.2) is 29.1 Å². The summed E-state index contributed by atoms with van der Waals surface area (Å²) in [4.78, 5) is 2.32. The molecule has 0 amide bonds. The second-order valence-electron chi connectivity index (χ2n) is 5.02. The lowest BCUT2D eigenvalue weighted by molar-refractivity contribution is 0.0955. The van der Waals surface area contributed by atoms with Crippen LogP contribution in [0.3, 0.4) is 0 Å². The molecule has 0 aliphatic rings. The molecule has 0 heterocycles. The third kappa shape index (κ3) is 4.49. The molecule has 0 saturated carbocycles. The van der Waals surface area contributed by atoms with Crippen molar-refractivity contribution in [3.63, 3.8) is 0 Å². The minimum atomic E-state index is -0.385. The maximum atomic E-state index is 10.2. The first kappa shape index (κ1) is 14.2. The molecule has 2 nitrogen and oxygen atoms in total. The fraction of sp³-hybridized carbons (Fsp3) is 0.600. The summed E-state index contributed by atoms with van der Waals surface area (Å²) in [6, 6.07) is 8.63. The highest BCUT2D eigenvalue weighted by atomic mass is 16.3. The molecule has 1 unspecified atom stereocenters. The van der Waals surface area contributed by atoms with Gasteiger partial charge in [0.2, 0.25) is 0 Å². The van der Waals surface area contributed by atoms with Crippen LogP contribution in [0.1, 0.15) is 44.4 Å². The van der Waals surface area contributed by atoms with Crippen molar-refractivity contribution in [1.82, 2.24) is 4.90 Å². The van der Waals surface area contributed by atoms with Crippen molar-refractivity contribution in [2.45, 2.75) is 46.3 Å². The molecule has 1 aromatic carbocycles. The van der Waals surface area contributed by atoms with Gasteiger partial charge in [-0.1, -0.05) is 36.8 Å². The second-order valence-corrected chi connectivity index (χ2v) is 5.02. The first-order valence-corrected chi connectivity index (χ1v) is 6.53. The average Bonchev–Trinajstić information content (AvgIpc) is 2.29. The van der Waals surface area contributed by atoms with E-state index in [1.54, 1.807) is 0 Å². The molecule has 0 aliphatic heterocycles. The van der Waals surface area contributed by atoms with Crippen LogP contribution < -0.4 is 0 Å². The van der Waals surface area contributed by atoms with Crippen molar-refractivity contribution >= 4 is 0 Å². The zero-order valence-electron chi connectivity index (χ0n) is 11.5. The first-order valence-electron chi connectivity index (χ1n) is 6.53. The molecule has 0 spiro atoms. The van der Waals surface area contributed by atoms with Gasteiger partial charge in [-0.3, -0.25) is 4.90 Å². The Labute approximate surface area is 105 Å². The van der Waals surface area contributed by atoms with Crippen LogP contribution in [-0.2, 0) is 0 Å². The van der Waals surface area contributed by atoms with E-state index in [4.69, 9.17) is 0 Å². The zero-order valence-corrected chi connectivity index (χ0v) is 11.5. The number of nitrogens with zero attached hydrogens (tertiary/aromatic N) is 1. The van der Waals surface area contributed by atoms with E-state index in [2.05, 4.69) is 44.7 Å². The maximum Gasteiger partial charge on any atom is 0.0917 e. The molecule has 96 valence electrons. The smallest absolute Gasteiger partial charge is 0.0917 e. The monoisotopic (exact) mass is 235 g/mol. The lowest BCUT2D eigenvalue weighted by atomic mass is 10.1. The summed E-state index contributed by atoms with van der Waals surface area (Å²) in [5.74, 6) is 0. The summed E-state index contributed by atoms with van der Waals surface area (Å²) in [5.41, 5.74) is 2.24. The SMILES string of the molecule is CCCN(CC(O)c1ccc(C)cc1)C(C)C. The van der Waals surface area contributed by atoms with E-state index in [-0.39, 0.29) is 6.10 Å². The van der Waals surface area contributed by atoms with Crippen LogP contribution in [0, 0.1) is 6.92 Å². The van der Waals surface area contributed by atoms with E-state index in [0.717, 1.165) is 18.5 Å². The van der Waals surface area contributed by atoms with E-state index >= 15 is 0 Å². The quantitative estimate of drug-likeness (QED) is 0.818. The Bertz CT molecular complexity index is 318. The number of rotatable bonds is 6. The summed E-state index contributed by atoms with van der Waals surface area (Å²) in [6.07, 6.45) is 0.739. The lowest BCUT2D eigenvalue weighted by Gasteiger charge is -2.28. The fourth-order valence-electron chi connectivity index (χ4n) is 1.96. The molecule has 0 radical (unpaired) electrons. The molecular formula is C15H25NO. The van der Waals surface area contributed by atoms with Gasteiger partial charge in [0.1, 0.15) is 0 Å². The number of hydrogen-bond donors (Lipinski definition) is 1. The molecule has 1 atom stereocenters. The van der Waals surface area contributed by atoms with Crippen LogP contribution in [0.15, 0.2) is 24.3 Å². The number of hydrogen-bond acceptors (Lipinski definition) is 2. The van der Waals surface area contributed by atoms with Gasteiger partial charge in [0.25, 0.3) is 0 Å². The Balaban J connectivity index is 2.63. The Morgan fingerprint density at radius 2 is 1.76 bits per heavy atom. The van der Waals surface area contributed by atoms with Crippen LogP contribution in [0.5, 0.6) is 0 Å². The largest absolute Gasteiger partial charge is 0.387 e. The van der Waals surface area contributed by atoms with Crippen LogP contribution in [0.25, 0.3) is 0 Å². The van der Waals surface area contributed by atoms with E-state index in [1.807, 2.05) is 12.1 Å². The summed E-state index contributed by atoms with van der Waals surface area (Å²) >= 11 is 0. The highest BCUT2D eigenvalue weighted by Crippen LogP contribution is 2.16. The average molecular weight is 235 g/mol. The molecule has 0 saturated heterocycles. The minimum absolute atomic E-state index is 0.385. The molecule has 1 rings (SSSR count). The third-order valence-corrected chi connectivity index (χ3v) is 3.11. The molecule has 0 bridgehead atoms. The van der Waals surface area contributed by atoms with Crippen molar-refractivity contribution in [1.29, 1.82) is 0 Å². The van der Waals surface area contributed by atoms with Crippen LogP contribution >= 0.6 is 0 Å².